The Morgan fingerprint density at radius 2 is 1.67 bits per heavy atom. The van der Waals surface area contributed by atoms with E-state index in [1.165, 1.54) is 0 Å². The SMILES string of the molecule is COC[C@H]1CN(C(=O)[C@]2(F)CN(C3CCC(OC)CC3)C[C@H]2c2ccc(OC)cc2)C[C@@H]1c1ccc(Cl)cc1N1CCC(C(=O)O)CC1. The Balaban J connectivity index is 1.27. The molecule has 6 rings (SSSR count). The minimum Gasteiger partial charge on any atom is -0.497 e. The maximum atomic E-state index is 17.8. The number of hydrogen-bond donors (Lipinski definition) is 1. The fourth-order valence-corrected chi connectivity index (χ4v) is 8.87. The number of piperidine rings is 1. The largest absolute Gasteiger partial charge is 0.497 e. The van der Waals surface area contributed by atoms with Crippen molar-refractivity contribution in [1.29, 1.82) is 0 Å². The second-order valence-corrected chi connectivity index (χ2v) is 14.6. The molecule has 1 saturated carbocycles. The molecule has 4 fully saturated rings. The second-order valence-electron chi connectivity index (χ2n) is 14.1. The van der Waals surface area contributed by atoms with Gasteiger partial charge in [0.05, 0.1) is 25.7 Å². The van der Waals surface area contributed by atoms with Crippen LogP contribution in [0.4, 0.5) is 10.1 Å². The van der Waals surface area contributed by atoms with Gasteiger partial charge in [0.1, 0.15) is 5.75 Å². The van der Waals surface area contributed by atoms with E-state index in [4.69, 9.17) is 25.8 Å². The summed E-state index contributed by atoms with van der Waals surface area (Å²) in [6.07, 6.45) is 5.05. The molecule has 48 heavy (non-hydrogen) atoms. The average molecular weight is 686 g/mol. The molecule has 3 saturated heterocycles. The first-order chi connectivity index (χ1) is 23.1. The number of hydrogen-bond acceptors (Lipinski definition) is 7. The Morgan fingerprint density at radius 1 is 0.958 bits per heavy atom. The van der Waals surface area contributed by atoms with E-state index < -0.39 is 23.5 Å². The first-order valence-electron chi connectivity index (χ1n) is 17.3. The number of rotatable bonds is 10. The van der Waals surface area contributed by atoms with Crippen LogP contribution in [-0.2, 0) is 19.1 Å². The van der Waals surface area contributed by atoms with E-state index in [9.17, 15) is 14.7 Å². The molecule has 0 unspecified atom stereocenters. The van der Waals surface area contributed by atoms with Gasteiger partial charge in [0.25, 0.3) is 5.91 Å². The van der Waals surface area contributed by atoms with Crippen LogP contribution in [0.3, 0.4) is 0 Å². The van der Waals surface area contributed by atoms with Crippen molar-refractivity contribution in [2.24, 2.45) is 11.8 Å². The van der Waals surface area contributed by atoms with Gasteiger partial charge in [-0.25, -0.2) is 4.39 Å². The van der Waals surface area contributed by atoms with E-state index in [-0.39, 0.29) is 36.4 Å². The molecule has 3 heterocycles. The molecule has 4 aliphatic rings. The lowest BCUT2D eigenvalue weighted by atomic mass is 9.85. The molecular formula is C37H49ClFN3O6. The fourth-order valence-electron chi connectivity index (χ4n) is 8.70. The summed E-state index contributed by atoms with van der Waals surface area (Å²) in [5.41, 5.74) is 0.694. The maximum Gasteiger partial charge on any atom is 0.306 e. The van der Waals surface area contributed by atoms with E-state index >= 15 is 4.39 Å². The fraction of sp³-hybridized carbons (Fsp3) is 0.622. The van der Waals surface area contributed by atoms with Crippen LogP contribution in [-0.4, -0.2) is 112 Å². The van der Waals surface area contributed by atoms with Crippen molar-refractivity contribution in [3.63, 3.8) is 0 Å². The number of aliphatic carboxylic acids is 1. The molecule has 1 amide bonds. The third-order valence-electron chi connectivity index (χ3n) is 11.5. The zero-order valence-electron chi connectivity index (χ0n) is 28.3. The topological polar surface area (TPSA) is 91.8 Å². The molecule has 11 heteroatoms. The minimum absolute atomic E-state index is 0.0414. The van der Waals surface area contributed by atoms with Crippen molar-refractivity contribution in [2.45, 2.75) is 68.2 Å². The number of amides is 1. The van der Waals surface area contributed by atoms with Gasteiger partial charge in [-0.1, -0.05) is 29.8 Å². The van der Waals surface area contributed by atoms with E-state index in [0.717, 1.165) is 42.5 Å². The van der Waals surface area contributed by atoms with Crippen molar-refractivity contribution in [2.75, 3.05) is 72.1 Å². The van der Waals surface area contributed by atoms with Crippen LogP contribution in [0.1, 0.15) is 61.5 Å². The summed E-state index contributed by atoms with van der Waals surface area (Å²) in [6, 6.07) is 13.5. The predicted octanol–water partition coefficient (Wildman–Crippen LogP) is 5.60. The first-order valence-corrected chi connectivity index (χ1v) is 17.7. The molecule has 9 nitrogen and oxygen atoms in total. The summed E-state index contributed by atoms with van der Waals surface area (Å²) >= 11 is 6.51. The van der Waals surface area contributed by atoms with E-state index in [1.807, 2.05) is 42.5 Å². The highest BCUT2D eigenvalue weighted by Crippen LogP contribution is 2.46. The van der Waals surface area contributed by atoms with E-state index in [1.54, 1.807) is 26.2 Å². The van der Waals surface area contributed by atoms with Gasteiger partial charge in [-0.3, -0.25) is 14.5 Å². The number of carbonyl (C=O) groups excluding carboxylic acids is 1. The van der Waals surface area contributed by atoms with Crippen molar-refractivity contribution in [3.8, 4) is 5.75 Å². The van der Waals surface area contributed by atoms with Crippen LogP contribution in [0, 0.1) is 11.8 Å². The molecule has 4 atom stereocenters. The molecular weight excluding hydrogens is 637 g/mol. The van der Waals surface area contributed by atoms with Crippen molar-refractivity contribution >= 4 is 29.2 Å². The summed E-state index contributed by atoms with van der Waals surface area (Å²) < 4.78 is 34.4. The molecule has 262 valence electrons. The Hall–Kier alpha value is -2.92. The number of benzene rings is 2. The molecule has 3 aliphatic heterocycles. The number of alkyl halides is 1. The zero-order chi connectivity index (χ0) is 34.0. The van der Waals surface area contributed by atoms with Gasteiger partial charge < -0.3 is 29.1 Å². The predicted molar refractivity (Wildman–Crippen MR) is 183 cm³/mol. The third-order valence-corrected chi connectivity index (χ3v) is 11.7. The standard InChI is InChI=1S/C37H49ClFN3O6/c1-46-22-26-19-41(20-32(26)31-13-6-27(38)18-34(31)40-16-14-25(15-17-40)35(43)44)36(45)37(39)23-42(28-7-11-30(48-3)12-8-28)21-33(37)24-4-9-29(47-2)10-5-24/h4-6,9-10,13,18,25-26,28,30,32-33H,7-8,11-12,14-17,19-23H2,1-3H3,(H,43,44)/t26-,28?,30?,32+,33+,37+/m1/s1. The molecule has 0 bridgehead atoms. The van der Waals surface area contributed by atoms with Crippen LogP contribution in [0.2, 0.25) is 5.02 Å². The van der Waals surface area contributed by atoms with Gasteiger partial charge in [0.15, 0.2) is 0 Å². The normalized spacial score (nSPS) is 30.1. The smallest absolute Gasteiger partial charge is 0.306 e. The van der Waals surface area contributed by atoms with Gasteiger partial charge in [0.2, 0.25) is 5.67 Å². The monoisotopic (exact) mass is 685 g/mol. The summed E-state index contributed by atoms with van der Waals surface area (Å²) in [7, 11) is 5.01. The Bertz CT molecular complexity index is 1430. The van der Waals surface area contributed by atoms with Crippen molar-refractivity contribution < 1.29 is 33.3 Å². The van der Waals surface area contributed by atoms with Gasteiger partial charge in [-0.15, -0.1) is 0 Å². The highest BCUT2D eigenvalue weighted by atomic mass is 35.5. The lowest BCUT2D eigenvalue weighted by Gasteiger charge is -2.35. The Kier molecular flexibility index (Phi) is 10.8. The number of carboxylic acids is 1. The molecule has 2 aromatic rings. The molecule has 1 N–H and O–H groups in total. The number of likely N-dealkylation sites (tertiary alicyclic amines) is 2. The van der Waals surface area contributed by atoms with Crippen LogP contribution in [0.15, 0.2) is 42.5 Å². The Morgan fingerprint density at radius 3 is 2.29 bits per heavy atom. The Labute approximate surface area is 288 Å². The number of carboxylic acid groups (broad SMARTS) is 1. The minimum atomic E-state index is -2.10. The average Bonchev–Trinajstić information content (AvgIpc) is 3.70. The van der Waals surface area contributed by atoms with Crippen molar-refractivity contribution in [1.82, 2.24) is 9.80 Å². The van der Waals surface area contributed by atoms with Crippen molar-refractivity contribution in [3.05, 3.63) is 58.6 Å². The third kappa shape index (κ3) is 7.04. The number of methoxy groups -OCH3 is 3. The van der Waals surface area contributed by atoms with Gasteiger partial charge in [-0.2, -0.15) is 0 Å². The number of ether oxygens (including phenoxy) is 3. The number of anilines is 1. The molecule has 0 spiro atoms. The number of halogens is 2. The van der Waals surface area contributed by atoms with Gasteiger partial charge in [0, 0.05) is 88.0 Å². The quantitative estimate of drug-likeness (QED) is 0.346. The molecule has 0 radical (unpaired) electrons. The highest BCUT2D eigenvalue weighted by molar-refractivity contribution is 6.30. The van der Waals surface area contributed by atoms with Crippen LogP contribution in [0.5, 0.6) is 5.75 Å². The van der Waals surface area contributed by atoms with Gasteiger partial charge in [-0.05, 0) is 73.9 Å². The van der Waals surface area contributed by atoms with E-state index in [2.05, 4.69) is 9.80 Å². The van der Waals surface area contributed by atoms with Crippen LogP contribution in [0.25, 0.3) is 0 Å². The summed E-state index contributed by atoms with van der Waals surface area (Å²) in [5, 5.41) is 10.1. The summed E-state index contributed by atoms with van der Waals surface area (Å²) in [6.45, 7) is 2.93. The van der Waals surface area contributed by atoms with E-state index in [0.29, 0.717) is 62.9 Å². The summed E-state index contributed by atoms with van der Waals surface area (Å²) in [4.78, 5) is 32.4. The lowest BCUT2D eigenvalue weighted by molar-refractivity contribution is -0.143. The molecule has 1 aliphatic carbocycles. The first kappa shape index (κ1) is 34.9. The molecule has 0 aromatic heterocycles. The van der Waals surface area contributed by atoms with Gasteiger partial charge >= 0.3 is 5.97 Å². The summed E-state index contributed by atoms with van der Waals surface area (Å²) in [5.74, 6) is -1.63. The van der Waals surface area contributed by atoms with Crippen LogP contribution < -0.4 is 9.64 Å². The second kappa shape index (κ2) is 14.9. The zero-order valence-corrected chi connectivity index (χ0v) is 29.0. The number of carbonyl (C=O) groups is 2. The molecule has 2 aromatic carbocycles. The lowest BCUT2D eigenvalue weighted by Crippen LogP contribution is -2.50. The number of nitrogens with zero attached hydrogens (tertiary/aromatic N) is 3. The highest BCUT2D eigenvalue weighted by Gasteiger charge is 2.57. The van der Waals surface area contributed by atoms with Crippen LogP contribution >= 0.6 is 11.6 Å². The maximum absolute atomic E-state index is 17.8.